The Bertz CT molecular complexity index is 204. The highest BCUT2D eigenvalue weighted by Gasteiger charge is 2.39. The summed E-state index contributed by atoms with van der Waals surface area (Å²) in [7, 11) is 0. The van der Waals surface area contributed by atoms with Gasteiger partial charge in [-0.3, -0.25) is 0 Å². The van der Waals surface area contributed by atoms with E-state index in [0.29, 0.717) is 10.5 Å². The van der Waals surface area contributed by atoms with Gasteiger partial charge in [-0.2, -0.15) is 0 Å². The summed E-state index contributed by atoms with van der Waals surface area (Å²) in [6, 6.07) is 0. The fourth-order valence-corrected chi connectivity index (χ4v) is 2.03. The maximum Gasteiger partial charge on any atom is 0.127 e. The average Bonchev–Trinajstić information content (AvgIpc) is 2.82. The van der Waals surface area contributed by atoms with Crippen molar-refractivity contribution in [1.82, 2.24) is 0 Å². The fraction of sp³-hybridized carbons (Fsp3) is 0.818. The molecule has 0 aromatic carbocycles. The number of aliphatic hydroxyl groups is 1. The van der Waals surface area contributed by atoms with Gasteiger partial charge in [-0.25, -0.2) is 0 Å². The van der Waals surface area contributed by atoms with Crippen LogP contribution < -0.4 is 0 Å². The smallest absolute Gasteiger partial charge is 0.127 e. The van der Waals surface area contributed by atoms with Crippen molar-refractivity contribution in [3.8, 4) is 11.8 Å². The van der Waals surface area contributed by atoms with Crippen LogP contribution in [0.15, 0.2) is 0 Å². The molecule has 0 radical (unpaired) electrons. The first-order chi connectivity index (χ1) is 6.25. The maximum atomic E-state index is 9.52. The number of aliphatic hydroxyl groups excluding tert-OH is 1. The number of hydrogen-bond donors (Lipinski definition) is 1. The summed E-state index contributed by atoms with van der Waals surface area (Å²) in [5.41, 5.74) is 0. The van der Waals surface area contributed by atoms with Gasteiger partial charge in [0.2, 0.25) is 0 Å². The van der Waals surface area contributed by atoms with Gasteiger partial charge in [-0.05, 0) is 6.42 Å². The Labute approximate surface area is 85.3 Å². The van der Waals surface area contributed by atoms with Crippen LogP contribution in [0.25, 0.3) is 0 Å². The highest BCUT2D eigenvalue weighted by Crippen LogP contribution is 2.42. The maximum absolute atomic E-state index is 9.52. The number of hydrogen-bond acceptors (Lipinski definition) is 2. The minimum Gasteiger partial charge on any atom is -0.379 e. The van der Waals surface area contributed by atoms with Gasteiger partial charge in [-0.15, -0.1) is 17.7 Å². The predicted octanol–water partition coefficient (Wildman–Crippen LogP) is 2.43. The zero-order chi connectivity index (χ0) is 9.68. The van der Waals surface area contributed by atoms with E-state index in [1.165, 1.54) is 19.3 Å². The molecule has 1 heterocycles. The molecule has 0 saturated carbocycles. The van der Waals surface area contributed by atoms with Crippen molar-refractivity contribution in [1.29, 1.82) is 0 Å². The van der Waals surface area contributed by atoms with Crippen molar-refractivity contribution >= 4 is 11.8 Å². The van der Waals surface area contributed by atoms with Crippen molar-refractivity contribution in [2.75, 3.05) is 0 Å². The number of thioether (sulfide) groups is 1. The second-order valence-corrected chi connectivity index (χ2v) is 5.09. The molecule has 2 heteroatoms. The van der Waals surface area contributed by atoms with E-state index in [-0.39, 0.29) is 6.10 Å². The van der Waals surface area contributed by atoms with E-state index >= 15 is 0 Å². The molecular weight excluding hydrogens is 180 g/mol. The summed E-state index contributed by atoms with van der Waals surface area (Å²) < 4.78 is 0. The molecule has 1 rings (SSSR count). The van der Waals surface area contributed by atoms with Gasteiger partial charge in [0.25, 0.3) is 0 Å². The van der Waals surface area contributed by atoms with E-state index in [4.69, 9.17) is 0 Å². The van der Waals surface area contributed by atoms with Crippen LogP contribution in [0.3, 0.4) is 0 Å². The van der Waals surface area contributed by atoms with E-state index in [9.17, 15) is 5.11 Å². The normalized spacial score (nSPS) is 27.6. The lowest BCUT2D eigenvalue weighted by atomic mass is 10.2. The third kappa shape index (κ3) is 4.06. The summed E-state index contributed by atoms with van der Waals surface area (Å²) in [6.07, 6.45) is 4.21. The van der Waals surface area contributed by atoms with Crippen molar-refractivity contribution in [3.63, 3.8) is 0 Å². The molecule has 0 spiro atoms. The van der Waals surface area contributed by atoms with Crippen LogP contribution in [0, 0.1) is 11.8 Å². The van der Waals surface area contributed by atoms with Gasteiger partial charge in [0, 0.05) is 11.7 Å². The van der Waals surface area contributed by atoms with Gasteiger partial charge in [-0.1, -0.05) is 32.6 Å². The first-order valence-corrected chi connectivity index (χ1v) is 6.02. The first kappa shape index (κ1) is 10.9. The van der Waals surface area contributed by atoms with Crippen molar-refractivity contribution < 1.29 is 5.11 Å². The van der Waals surface area contributed by atoms with Gasteiger partial charge in [0.05, 0.1) is 5.25 Å². The second-order valence-electron chi connectivity index (χ2n) is 3.53. The van der Waals surface area contributed by atoms with Crippen molar-refractivity contribution in [3.05, 3.63) is 0 Å². The Hall–Kier alpha value is -0.130. The molecule has 13 heavy (non-hydrogen) atoms. The summed E-state index contributed by atoms with van der Waals surface area (Å²) in [5.74, 6) is 5.97. The van der Waals surface area contributed by atoms with Crippen LogP contribution in [0.5, 0.6) is 0 Å². The molecule has 0 bridgehead atoms. The van der Waals surface area contributed by atoms with Crippen LogP contribution in [0.1, 0.15) is 39.5 Å². The van der Waals surface area contributed by atoms with Crippen LogP contribution >= 0.6 is 11.8 Å². The molecule has 0 aromatic heterocycles. The lowest BCUT2D eigenvalue weighted by Crippen LogP contribution is -2.12. The summed E-state index contributed by atoms with van der Waals surface area (Å²) >= 11 is 1.82. The predicted molar refractivity (Wildman–Crippen MR) is 58.8 cm³/mol. The number of rotatable bonds is 4. The summed E-state index contributed by atoms with van der Waals surface area (Å²) in [5, 5.41) is 10.5. The standard InChI is InChI=1S/C11H18OS/c1-3-4-5-6-7-8-10(12)11-9(2)13-11/h9-12H,3-6H2,1-2H3. The van der Waals surface area contributed by atoms with Gasteiger partial charge >= 0.3 is 0 Å². The van der Waals surface area contributed by atoms with Crippen molar-refractivity contribution in [2.45, 2.75) is 56.1 Å². The highest BCUT2D eigenvalue weighted by molar-refractivity contribution is 8.07. The zero-order valence-corrected chi connectivity index (χ0v) is 9.23. The molecule has 3 atom stereocenters. The SMILES string of the molecule is CCCCCC#CC(O)C1SC1C. The van der Waals surface area contributed by atoms with Crippen molar-refractivity contribution in [2.24, 2.45) is 0 Å². The van der Waals surface area contributed by atoms with Gasteiger partial charge in [0.15, 0.2) is 0 Å². The molecule has 1 aliphatic rings. The Balaban J connectivity index is 2.08. The van der Waals surface area contributed by atoms with Crippen LogP contribution in [0.2, 0.25) is 0 Å². The molecular formula is C11H18OS. The fourth-order valence-electron chi connectivity index (χ4n) is 1.26. The van der Waals surface area contributed by atoms with E-state index in [1.54, 1.807) is 0 Å². The second kappa shape index (κ2) is 5.57. The summed E-state index contributed by atoms with van der Waals surface area (Å²) in [4.78, 5) is 0. The first-order valence-electron chi connectivity index (χ1n) is 5.07. The summed E-state index contributed by atoms with van der Waals surface area (Å²) in [6.45, 7) is 4.32. The molecule has 1 nitrogen and oxygen atoms in total. The molecule has 0 aromatic rings. The molecule has 0 aliphatic carbocycles. The van der Waals surface area contributed by atoms with Crippen LogP contribution in [-0.2, 0) is 0 Å². The van der Waals surface area contributed by atoms with Crippen LogP contribution in [0.4, 0.5) is 0 Å². The quantitative estimate of drug-likeness (QED) is 0.425. The lowest BCUT2D eigenvalue weighted by molar-refractivity contribution is 0.238. The minimum atomic E-state index is -0.387. The molecule has 3 unspecified atom stereocenters. The zero-order valence-electron chi connectivity index (χ0n) is 8.42. The monoisotopic (exact) mass is 198 g/mol. The molecule has 1 aliphatic heterocycles. The average molecular weight is 198 g/mol. The Morgan fingerprint density at radius 2 is 2.15 bits per heavy atom. The lowest BCUT2D eigenvalue weighted by Gasteiger charge is -1.96. The van der Waals surface area contributed by atoms with E-state index in [0.717, 1.165) is 6.42 Å². The van der Waals surface area contributed by atoms with E-state index < -0.39 is 0 Å². The van der Waals surface area contributed by atoms with Crippen LogP contribution in [-0.4, -0.2) is 21.7 Å². The molecule has 1 saturated heterocycles. The van der Waals surface area contributed by atoms with Gasteiger partial charge in [0.1, 0.15) is 6.10 Å². The van der Waals surface area contributed by atoms with E-state index in [2.05, 4.69) is 25.7 Å². The topological polar surface area (TPSA) is 20.2 Å². The third-order valence-electron chi connectivity index (χ3n) is 2.22. The van der Waals surface area contributed by atoms with E-state index in [1.807, 2.05) is 11.8 Å². The molecule has 0 amide bonds. The largest absolute Gasteiger partial charge is 0.379 e. The molecule has 1 N–H and O–H groups in total. The third-order valence-corrected chi connectivity index (χ3v) is 3.61. The highest BCUT2D eigenvalue weighted by atomic mass is 32.2. The Morgan fingerprint density at radius 3 is 2.69 bits per heavy atom. The molecule has 74 valence electrons. The minimum absolute atomic E-state index is 0.387. The number of unbranched alkanes of at least 4 members (excludes halogenated alkanes) is 3. The Kier molecular flexibility index (Phi) is 4.69. The Morgan fingerprint density at radius 1 is 1.46 bits per heavy atom. The van der Waals surface area contributed by atoms with Gasteiger partial charge < -0.3 is 5.11 Å². The molecule has 1 fully saturated rings.